The minimum atomic E-state index is -2.95. The maximum Gasteiger partial charge on any atom is 0.240 e. The number of aromatic nitrogens is 3. The molecule has 1 atom stereocenters. The second-order valence-electron chi connectivity index (χ2n) is 7.67. The standard InChI is InChI=1S/C18H26N6O3S2/c1-13-17(14(2)24(21-13)15-3-10-29(26,27)12-15)23-7-5-22(6-8-23)11-16(25)20-18-19-4-9-28-18/h4,9,15H,3,5-8,10-12H2,1-2H3,(H,19,20,25)/t15-/m0/s1. The van der Waals surface area contributed by atoms with Gasteiger partial charge in [0, 0.05) is 37.8 Å². The molecule has 2 saturated heterocycles. The second kappa shape index (κ2) is 8.04. The third kappa shape index (κ3) is 4.46. The molecule has 2 fully saturated rings. The lowest BCUT2D eigenvalue weighted by Gasteiger charge is -2.35. The predicted molar refractivity (Wildman–Crippen MR) is 113 cm³/mol. The van der Waals surface area contributed by atoms with E-state index >= 15 is 0 Å². The molecule has 2 aromatic rings. The molecule has 0 spiro atoms. The molecule has 0 aromatic carbocycles. The van der Waals surface area contributed by atoms with Gasteiger partial charge in [-0.2, -0.15) is 5.10 Å². The molecule has 2 aliphatic heterocycles. The van der Waals surface area contributed by atoms with Gasteiger partial charge in [-0.3, -0.25) is 14.4 Å². The number of thiazole rings is 1. The molecule has 1 N–H and O–H groups in total. The van der Waals surface area contributed by atoms with E-state index in [2.05, 4.69) is 25.2 Å². The van der Waals surface area contributed by atoms with Crippen LogP contribution >= 0.6 is 11.3 Å². The highest BCUT2D eigenvalue weighted by Crippen LogP contribution is 2.31. The Labute approximate surface area is 174 Å². The first-order valence-electron chi connectivity index (χ1n) is 9.75. The Morgan fingerprint density at radius 3 is 2.66 bits per heavy atom. The van der Waals surface area contributed by atoms with Gasteiger partial charge in [0.2, 0.25) is 5.91 Å². The molecule has 0 unspecified atom stereocenters. The van der Waals surface area contributed by atoms with E-state index in [0.717, 1.165) is 43.3 Å². The number of nitrogens with one attached hydrogen (secondary N) is 1. The summed E-state index contributed by atoms with van der Waals surface area (Å²) in [5, 5.41) is 9.95. The van der Waals surface area contributed by atoms with Crippen LogP contribution in [-0.4, -0.2) is 78.2 Å². The lowest BCUT2D eigenvalue weighted by molar-refractivity contribution is -0.117. The summed E-state index contributed by atoms with van der Waals surface area (Å²) in [6.07, 6.45) is 2.30. The van der Waals surface area contributed by atoms with Gasteiger partial charge >= 0.3 is 0 Å². The molecule has 0 aliphatic carbocycles. The fraction of sp³-hybridized carbons (Fsp3) is 0.611. The van der Waals surface area contributed by atoms with Crippen molar-refractivity contribution in [3.05, 3.63) is 23.0 Å². The molecule has 4 rings (SSSR count). The highest BCUT2D eigenvalue weighted by Gasteiger charge is 2.32. The van der Waals surface area contributed by atoms with Crippen LogP contribution in [0.5, 0.6) is 0 Å². The Kier molecular flexibility index (Phi) is 5.63. The maximum absolute atomic E-state index is 12.2. The van der Waals surface area contributed by atoms with E-state index in [1.54, 1.807) is 6.20 Å². The monoisotopic (exact) mass is 438 g/mol. The molecular weight excluding hydrogens is 412 g/mol. The Bertz CT molecular complexity index is 978. The molecular formula is C18H26N6O3S2. The fourth-order valence-electron chi connectivity index (χ4n) is 4.21. The zero-order valence-corrected chi connectivity index (χ0v) is 18.3. The molecule has 2 aliphatic rings. The summed E-state index contributed by atoms with van der Waals surface area (Å²) < 4.78 is 25.6. The number of hydrogen-bond donors (Lipinski definition) is 1. The van der Waals surface area contributed by atoms with Gasteiger partial charge in [0.1, 0.15) is 0 Å². The highest BCUT2D eigenvalue weighted by atomic mass is 32.2. The number of aryl methyl sites for hydroxylation is 1. The van der Waals surface area contributed by atoms with Gasteiger partial charge in [-0.15, -0.1) is 11.3 Å². The summed E-state index contributed by atoms with van der Waals surface area (Å²) in [5.74, 6) is 0.375. The first-order valence-corrected chi connectivity index (χ1v) is 12.5. The number of rotatable bonds is 5. The van der Waals surface area contributed by atoms with Crippen LogP contribution in [0.1, 0.15) is 23.9 Å². The lowest BCUT2D eigenvalue weighted by Crippen LogP contribution is -2.49. The van der Waals surface area contributed by atoms with Crippen molar-refractivity contribution in [2.75, 3.05) is 54.4 Å². The van der Waals surface area contributed by atoms with Crippen molar-refractivity contribution in [2.45, 2.75) is 26.3 Å². The van der Waals surface area contributed by atoms with Gasteiger partial charge in [0.25, 0.3) is 0 Å². The summed E-state index contributed by atoms with van der Waals surface area (Å²) in [6.45, 7) is 7.54. The van der Waals surface area contributed by atoms with E-state index in [-0.39, 0.29) is 23.5 Å². The number of sulfone groups is 1. The van der Waals surface area contributed by atoms with E-state index in [1.165, 1.54) is 11.3 Å². The van der Waals surface area contributed by atoms with Gasteiger partial charge in [0.15, 0.2) is 15.0 Å². The number of amides is 1. The van der Waals surface area contributed by atoms with Crippen LogP contribution in [0.25, 0.3) is 0 Å². The third-order valence-corrected chi connectivity index (χ3v) is 8.01. The topological polar surface area (TPSA) is 100 Å². The Morgan fingerprint density at radius 2 is 2.03 bits per heavy atom. The van der Waals surface area contributed by atoms with Crippen molar-refractivity contribution in [3.63, 3.8) is 0 Å². The highest BCUT2D eigenvalue weighted by molar-refractivity contribution is 7.91. The zero-order chi connectivity index (χ0) is 20.6. The molecule has 0 radical (unpaired) electrons. The number of nitrogens with zero attached hydrogens (tertiary/aromatic N) is 5. The van der Waals surface area contributed by atoms with E-state index in [1.807, 2.05) is 23.9 Å². The lowest BCUT2D eigenvalue weighted by atomic mass is 10.2. The van der Waals surface area contributed by atoms with Crippen LogP contribution in [0.4, 0.5) is 10.8 Å². The van der Waals surface area contributed by atoms with E-state index in [0.29, 0.717) is 18.1 Å². The molecule has 158 valence electrons. The van der Waals surface area contributed by atoms with Crippen LogP contribution < -0.4 is 10.2 Å². The summed E-state index contributed by atoms with van der Waals surface area (Å²) in [6, 6.07) is -0.0664. The minimum absolute atomic E-state index is 0.0453. The molecule has 9 nitrogen and oxygen atoms in total. The van der Waals surface area contributed by atoms with Crippen LogP contribution in [0.15, 0.2) is 11.6 Å². The van der Waals surface area contributed by atoms with Gasteiger partial charge < -0.3 is 10.2 Å². The number of piperazine rings is 1. The van der Waals surface area contributed by atoms with Crippen LogP contribution in [0.2, 0.25) is 0 Å². The second-order valence-corrected chi connectivity index (χ2v) is 10.8. The van der Waals surface area contributed by atoms with Crippen molar-refractivity contribution in [1.29, 1.82) is 0 Å². The maximum atomic E-state index is 12.2. The van der Waals surface area contributed by atoms with Crippen molar-refractivity contribution in [3.8, 4) is 0 Å². The van der Waals surface area contributed by atoms with Crippen molar-refractivity contribution in [1.82, 2.24) is 19.7 Å². The fourth-order valence-corrected chi connectivity index (χ4v) is 6.45. The number of carbonyl (C=O) groups is 1. The third-order valence-electron chi connectivity index (χ3n) is 5.58. The zero-order valence-electron chi connectivity index (χ0n) is 16.7. The molecule has 29 heavy (non-hydrogen) atoms. The van der Waals surface area contributed by atoms with E-state index in [9.17, 15) is 13.2 Å². The summed E-state index contributed by atoms with van der Waals surface area (Å²) in [7, 11) is -2.95. The minimum Gasteiger partial charge on any atom is -0.366 e. The Morgan fingerprint density at radius 1 is 1.28 bits per heavy atom. The smallest absolute Gasteiger partial charge is 0.240 e. The van der Waals surface area contributed by atoms with Gasteiger partial charge in [0.05, 0.1) is 41.2 Å². The molecule has 11 heteroatoms. The average Bonchev–Trinajstić information content (AvgIpc) is 3.36. The number of hydrogen-bond acceptors (Lipinski definition) is 8. The largest absolute Gasteiger partial charge is 0.366 e. The van der Waals surface area contributed by atoms with Gasteiger partial charge in [-0.1, -0.05) is 0 Å². The summed E-state index contributed by atoms with van der Waals surface area (Å²) in [4.78, 5) is 20.7. The Balaban J connectivity index is 1.37. The number of carbonyl (C=O) groups excluding carboxylic acids is 1. The van der Waals surface area contributed by atoms with Crippen LogP contribution in [0.3, 0.4) is 0 Å². The van der Waals surface area contributed by atoms with Crippen molar-refractivity contribution in [2.24, 2.45) is 0 Å². The molecule has 0 bridgehead atoms. The molecule has 2 aromatic heterocycles. The summed E-state index contributed by atoms with van der Waals surface area (Å²) >= 11 is 1.41. The molecule has 4 heterocycles. The molecule has 0 saturated carbocycles. The predicted octanol–water partition coefficient (Wildman–Crippen LogP) is 1.08. The normalized spacial score (nSPS) is 22.1. The van der Waals surface area contributed by atoms with Crippen molar-refractivity contribution < 1.29 is 13.2 Å². The van der Waals surface area contributed by atoms with Gasteiger partial charge in [-0.05, 0) is 20.3 Å². The SMILES string of the molecule is Cc1nn([C@H]2CCS(=O)(=O)C2)c(C)c1N1CCN(CC(=O)Nc2nccs2)CC1. The first-order chi connectivity index (χ1) is 13.8. The van der Waals surface area contributed by atoms with Crippen molar-refractivity contribution >= 4 is 37.9 Å². The van der Waals surface area contributed by atoms with Crippen LogP contribution in [-0.2, 0) is 14.6 Å². The van der Waals surface area contributed by atoms with Crippen LogP contribution in [0, 0.1) is 13.8 Å². The van der Waals surface area contributed by atoms with Gasteiger partial charge in [-0.25, -0.2) is 13.4 Å². The Hall–Kier alpha value is -1.98. The summed E-state index contributed by atoms with van der Waals surface area (Å²) in [5.41, 5.74) is 3.06. The molecule has 1 amide bonds. The quantitative estimate of drug-likeness (QED) is 0.745. The van der Waals surface area contributed by atoms with E-state index < -0.39 is 9.84 Å². The number of anilines is 2. The first kappa shape index (κ1) is 20.3. The van der Waals surface area contributed by atoms with E-state index in [4.69, 9.17) is 0 Å². The average molecular weight is 439 g/mol.